The maximum atomic E-state index is 12.4. The second kappa shape index (κ2) is 46.9. The molecule has 5 aliphatic rings. The number of methoxy groups -OCH3 is 2. The van der Waals surface area contributed by atoms with E-state index in [0.29, 0.717) is 55.4 Å². The number of thiazole rings is 2. The molecule has 5 aliphatic heterocycles. The van der Waals surface area contributed by atoms with E-state index in [1.165, 1.54) is 72.4 Å². The average molecular weight is 1400 g/mol. The maximum Gasteiger partial charge on any atom is 0.410 e. The van der Waals surface area contributed by atoms with Gasteiger partial charge in [-0.25, -0.2) is 29.1 Å². The number of alkyl halides is 1. The molecular formula is C65H100BrCl2N9O11S2. The number of likely N-dealkylation sites (tertiary alicyclic amines) is 3. The highest BCUT2D eigenvalue weighted by atomic mass is 79.9. The molecule has 5 saturated heterocycles. The highest BCUT2D eigenvalue weighted by molar-refractivity contribution is 8.93. The van der Waals surface area contributed by atoms with Crippen molar-refractivity contribution in [2.24, 2.45) is 0 Å². The van der Waals surface area contributed by atoms with Crippen LogP contribution < -0.4 is 22.1 Å². The first kappa shape index (κ1) is 83.9. The van der Waals surface area contributed by atoms with Gasteiger partial charge in [0.25, 0.3) is 0 Å². The van der Waals surface area contributed by atoms with E-state index in [1.54, 1.807) is 4.90 Å². The summed E-state index contributed by atoms with van der Waals surface area (Å²) in [6, 6.07) is 28.1. The molecule has 5 aromatic rings. The van der Waals surface area contributed by atoms with Crippen molar-refractivity contribution < 1.29 is 52.5 Å². The molecule has 20 nitrogen and oxygen atoms in total. The predicted octanol–water partition coefficient (Wildman–Crippen LogP) is 14.3. The second-order valence-electron chi connectivity index (χ2n) is 20.6. The summed E-state index contributed by atoms with van der Waals surface area (Å²) in [5.41, 5.74) is 16.1. The van der Waals surface area contributed by atoms with Gasteiger partial charge in [-0.05, 0) is 113 Å². The number of halogens is 3. The van der Waals surface area contributed by atoms with E-state index in [1.807, 2.05) is 96.4 Å². The van der Waals surface area contributed by atoms with Gasteiger partial charge in [0.15, 0.2) is 16.0 Å². The van der Waals surface area contributed by atoms with Crippen LogP contribution in [0.5, 0.6) is 0 Å². The second-order valence-corrected chi connectivity index (χ2v) is 22.7. The lowest BCUT2D eigenvalue weighted by Gasteiger charge is -2.33. The molecule has 25 heteroatoms. The molecule has 7 heterocycles. The molecule has 5 atom stereocenters. The van der Waals surface area contributed by atoms with Gasteiger partial charge < -0.3 is 45.8 Å². The van der Waals surface area contributed by atoms with Crippen LogP contribution in [-0.2, 0) is 57.9 Å². The topological polar surface area (TPSA) is 260 Å². The number of carbonyl (C=O) groups is 6. The number of benzene rings is 3. The van der Waals surface area contributed by atoms with Gasteiger partial charge in [0, 0.05) is 30.4 Å². The average Bonchev–Trinajstić information content (AvgIpc) is 2.28. The van der Waals surface area contributed by atoms with E-state index in [-0.39, 0.29) is 114 Å². The number of aromatic nitrogens is 2. The Hall–Kier alpha value is -6.08. The van der Waals surface area contributed by atoms with Crippen molar-refractivity contribution in [2.75, 3.05) is 64.3 Å². The molecule has 0 spiro atoms. The lowest BCUT2D eigenvalue weighted by atomic mass is 10.00. The molecule has 6 N–H and O–H groups in total. The van der Waals surface area contributed by atoms with E-state index in [4.69, 9.17) is 42.0 Å². The summed E-state index contributed by atoms with van der Waals surface area (Å²) in [7, 11) is 2.77. The Morgan fingerprint density at radius 2 is 0.922 bits per heavy atom. The minimum Gasteiger partial charge on any atom is -0.468 e. The fraction of sp³-hybridized carbons (Fsp3) is 0.538. The number of nitrogen functional groups attached to an aromatic ring is 2. The van der Waals surface area contributed by atoms with Crippen LogP contribution >= 0.6 is 63.7 Å². The van der Waals surface area contributed by atoms with E-state index in [2.05, 4.69) is 30.7 Å². The third-order valence-electron chi connectivity index (χ3n) is 14.7. The van der Waals surface area contributed by atoms with Gasteiger partial charge in [0.05, 0.1) is 49.6 Å². The van der Waals surface area contributed by atoms with Crippen LogP contribution in [0.1, 0.15) is 166 Å². The van der Waals surface area contributed by atoms with E-state index < -0.39 is 24.3 Å². The van der Waals surface area contributed by atoms with Gasteiger partial charge >= 0.3 is 30.2 Å². The fourth-order valence-electron chi connectivity index (χ4n) is 10.2. The summed E-state index contributed by atoms with van der Waals surface area (Å²) in [4.78, 5) is 84.3. The number of anilines is 2. The number of ether oxygens (including phenoxy) is 5. The number of hydrogen-bond acceptors (Lipinski definition) is 19. The Morgan fingerprint density at radius 3 is 1.33 bits per heavy atom. The normalized spacial score (nSPS) is 18.8. The van der Waals surface area contributed by atoms with Crippen molar-refractivity contribution in [2.45, 2.75) is 176 Å². The molecule has 0 bridgehead atoms. The number of hydrogen-bond donors (Lipinski definition) is 4. The predicted molar refractivity (Wildman–Crippen MR) is 369 cm³/mol. The lowest BCUT2D eigenvalue weighted by Crippen LogP contribution is -2.48. The molecule has 504 valence electrons. The van der Waals surface area contributed by atoms with Gasteiger partial charge in [0.2, 0.25) is 0 Å². The molecule has 0 radical (unpaired) electrons. The molecule has 90 heavy (non-hydrogen) atoms. The van der Waals surface area contributed by atoms with Gasteiger partial charge in [-0.2, -0.15) is 0 Å². The van der Waals surface area contributed by atoms with E-state index in [9.17, 15) is 28.8 Å². The van der Waals surface area contributed by atoms with E-state index >= 15 is 0 Å². The van der Waals surface area contributed by atoms with E-state index in [0.717, 1.165) is 99.0 Å². The zero-order valence-corrected chi connectivity index (χ0v) is 54.0. The Morgan fingerprint density at radius 1 is 0.522 bits per heavy atom. The van der Waals surface area contributed by atoms with Crippen LogP contribution in [-0.4, -0.2) is 132 Å². The first-order valence-corrected chi connectivity index (χ1v) is 31.2. The van der Waals surface area contributed by atoms with Crippen LogP contribution in [0.2, 0.25) is 0 Å². The van der Waals surface area contributed by atoms with Crippen LogP contribution in [0.15, 0.2) is 102 Å². The summed E-state index contributed by atoms with van der Waals surface area (Å²) < 4.78 is 25.3. The van der Waals surface area contributed by atoms with Gasteiger partial charge in [-0.1, -0.05) is 134 Å². The quantitative estimate of drug-likeness (QED) is 0.0514. The number of amides is 3. The summed E-state index contributed by atoms with van der Waals surface area (Å²) in [5.74, 6) is -0.670. The molecular weight excluding hydrogens is 1300 g/mol. The Labute approximate surface area is 564 Å². The van der Waals surface area contributed by atoms with Crippen molar-refractivity contribution in [3.05, 3.63) is 130 Å². The zero-order chi connectivity index (χ0) is 59.9. The van der Waals surface area contributed by atoms with Crippen LogP contribution in [0, 0.1) is 0 Å². The third-order valence-corrected chi connectivity index (χ3v) is 16.3. The molecule has 0 aliphatic carbocycles. The van der Waals surface area contributed by atoms with Gasteiger partial charge in [-0.3, -0.25) is 24.3 Å². The third kappa shape index (κ3) is 28.2. The number of nitrogens with zero attached hydrogens (tertiary/aromatic N) is 5. The summed E-state index contributed by atoms with van der Waals surface area (Å²) in [6.45, 7) is 4.58. The number of carbonyl (C=O) groups excluding carboxylic acids is 6. The van der Waals surface area contributed by atoms with Crippen molar-refractivity contribution >= 4 is 110 Å². The molecule has 3 aromatic carbocycles. The number of rotatable bonds is 12. The molecule has 0 saturated carbocycles. The van der Waals surface area contributed by atoms with Gasteiger partial charge in [-0.15, -0.1) is 63.7 Å². The number of esters is 2. The first-order valence-electron chi connectivity index (χ1n) is 28.9. The fourth-order valence-corrected chi connectivity index (χ4v) is 11.6. The number of ketones is 1. The first-order chi connectivity index (χ1) is 40.9. The maximum absolute atomic E-state index is 12.4. The largest absolute Gasteiger partial charge is 0.468 e. The Kier molecular flexibility index (Phi) is 43.7. The number of nitrogens with two attached hydrogens (primary N) is 2. The molecule has 2 aromatic heterocycles. The number of piperidine rings is 5. The smallest absolute Gasteiger partial charge is 0.410 e. The monoisotopic (exact) mass is 1400 g/mol. The van der Waals surface area contributed by atoms with Crippen molar-refractivity contribution in [1.29, 1.82) is 0 Å². The van der Waals surface area contributed by atoms with Gasteiger partial charge in [0.1, 0.15) is 31.9 Å². The Balaban J connectivity index is 0.00000111. The highest BCUT2D eigenvalue weighted by Crippen LogP contribution is 2.33. The zero-order valence-electron chi connectivity index (χ0n) is 49.1. The minimum atomic E-state index is -0.517. The van der Waals surface area contributed by atoms with Crippen molar-refractivity contribution in [3.63, 3.8) is 0 Å². The minimum absolute atomic E-state index is 0. The van der Waals surface area contributed by atoms with Crippen molar-refractivity contribution in [3.8, 4) is 0 Å². The van der Waals surface area contributed by atoms with Crippen molar-refractivity contribution in [1.82, 2.24) is 35.3 Å². The van der Waals surface area contributed by atoms with Crippen LogP contribution in [0.25, 0.3) is 0 Å². The van der Waals surface area contributed by atoms with Crippen LogP contribution in [0.4, 0.5) is 24.6 Å². The molecule has 10 rings (SSSR count). The SMILES string of the molecule is Br.C.C.C.C.COC(=O)C1CCCCN1.COC(=O)C1CCCCN1C(=O)OCc1ccccc1.Cl.Nc1nc(C2CCCCN2)cs1.Nc1nc(C2CCCCN2C(=O)OCc2ccccc2)cs1.O=C(CCl)C1CCCCN1C(=O)OCc1ccccc1. The molecule has 5 fully saturated rings. The number of Topliss-reactive ketones (excluding diaryl/α,β-unsaturated/α-hetero) is 1. The summed E-state index contributed by atoms with van der Waals surface area (Å²) in [6.07, 6.45) is 13.8. The standard InChI is InChI=1S/C16H19N3O2S.C15H18ClNO3.C15H19NO4.C8H13N3S.C7H13NO2.4CH4.BrH.ClH/c17-15-18-13(11-22-15)14-8-4-5-9-19(14)16(20)21-10-12-6-2-1-3-7-12;16-10-14(18)13-8-4-5-9-17(13)15(19)20-11-12-6-2-1-3-7-12;1-19-14(17)13-9-5-6-10-16(13)15(18)20-11-12-7-3-2-4-8-12;9-8-11-7(5-12-8)6-3-1-2-4-10-6;1-10-7(9)6-4-2-3-5-8-6;;;;;;/h1-3,6-7,11,14H,4-5,8-10H2,(H2,17,18);1-3,6-7,13H,4-5,8-11H2;2-4,7-8,13H,5-6,9-11H2,1H3;5-6,10H,1-4H2,(H2,9,11);6,8H,2-5H2,1H3;4*1H4;2*1H. The number of nitrogens with one attached hydrogen (secondary N) is 2. The Bertz CT molecular complexity index is 2680. The summed E-state index contributed by atoms with van der Waals surface area (Å²) >= 11 is 8.53. The lowest BCUT2D eigenvalue weighted by molar-refractivity contribution is -0.147. The highest BCUT2D eigenvalue weighted by Gasteiger charge is 2.35. The molecule has 5 unspecified atom stereocenters. The molecule has 3 amide bonds. The summed E-state index contributed by atoms with van der Waals surface area (Å²) in [5, 5.41) is 11.7. The van der Waals surface area contributed by atoms with Crippen LogP contribution in [0.3, 0.4) is 0 Å².